The van der Waals surface area contributed by atoms with Gasteiger partial charge in [0, 0.05) is 0 Å². The molecule has 0 radical (unpaired) electrons. The number of allylic oxidation sites excluding steroid dienone is 3. The van der Waals surface area contributed by atoms with Crippen molar-refractivity contribution < 1.29 is 15.3 Å². The third kappa shape index (κ3) is 28.3. The molecule has 3 heteroatoms. The third-order valence-electron chi connectivity index (χ3n) is 6.21. The number of aliphatic hydroxyl groups is 3. The predicted octanol–water partition coefficient (Wildman–Crippen LogP) is 7.25. The molecule has 0 bridgehead atoms. The van der Waals surface area contributed by atoms with Crippen LogP contribution in [-0.4, -0.2) is 34.1 Å². The summed E-state index contributed by atoms with van der Waals surface area (Å²) in [6, 6.07) is 0. The molecule has 0 saturated carbocycles. The molecule has 3 N–H and O–H groups in total. The maximum absolute atomic E-state index is 9.72. The molecule has 202 valence electrons. The standard InChI is InChI=1S/C33H52O3/c1-2-32(35)28-24-21-19-17-15-13-11-9-7-5-3-4-6-8-10-12-14-16-18-20-22-25-29-33(36)30-26-23-27-31-34/h1,4,6,24,28,32-36H,3,5,7-22,25,29,31H2/b6-4-,28-24+. The van der Waals surface area contributed by atoms with Crippen LogP contribution in [0.25, 0.3) is 0 Å². The molecule has 0 aliphatic rings. The SMILES string of the molecule is C#CC(O)/C=C/CCCCCCCCCC/C=C\CCCCCCCCCCC(O)C#CC#CCO. The van der Waals surface area contributed by atoms with Crippen molar-refractivity contribution in [3.8, 4) is 36.0 Å². The highest BCUT2D eigenvalue weighted by Gasteiger charge is 1.99. The Balaban J connectivity index is 3.26. The van der Waals surface area contributed by atoms with Crippen LogP contribution in [-0.2, 0) is 0 Å². The summed E-state index contributed by atoms with van der Waals surface area (Å²) < 4.78 is 0. The van der Waals surface area contributed by atoms with E-state index in [1.165, 1.54) is 103 Å². The second-order valence-corrected chi connectivity index (χ2v) is 9.57. The number of rotatable bonds is 23. The maximum Gasteiger partial charge on any atom is 0.133 e. The lowest BCUT2D eigenvalue weighted by Gasteiger charge is -2.03. The topological polar surface area (TPSA) is 60.7 Å². The molecule has 2 unspecified atom stereocenters. The van der Waals surface area contributed by atoms with E-state index in [1.807, 2.05) is 6.08 Å². The van der Waals surface area contributed by atoms with Crippen molar-refractivity contribution in [2.75, 3.05) is 6.61 Å². The van der Waals surface area contributed by atoms with E-state index in [0.717, 1.165) is 19.3 Å². The summed E-state index contributed by atoms with van der Waals surface area (Å²) in [4.78, 5) is 0. The molecule has 0 rings (SSSR count). The average Bonchev–Trinajstić information content (AvgIpc) is 2.88. The molecule has 0 aliphatic carbocycles. The summed E-state index contributed by atoms with van der Waals surface area (Å²) >= 11 is 0. The van der Waals surface area contributed by atoms with Gasteiger partial charge in [-0.15, -0.1) is 6.42 Å². The molecule has 2 atom stereocenters. The Kier molecular flexibility index (Phi) is 27.7. The Morgan fingerprint density at radius 3 is 1.50 bits per heavy atom. The number of terminal acetylenes is 1. The Morgan fingerprint density at radius 2 is 1.03 bits per heavy atom. The summed E-state index contributed by atoms with van der Waals surface area (Å²) in [6.45, 7) is -0.188. The zero-order valence-corrected chi connectivity index (χ0v) is 22.7. The van der Waals surface area contributed by atoms with Crippen molar-refractivity contribution in [1.29, 1.82) is 0 Å². The second-order valence-electron chi connectivity index (χ2n) is 9.57. The van der Waals surface area contributed by atoms with Gasteiger partial charge in [-0.05, 0) is 69.3 Å². The summed E-state index contributed by atoms with van der Waals surface area (Å²) in [5.74, 6) is 12.5. The molecule has 0 aromatic rings. The highest BCUT2D eigenvalue weighted by Crippen LogP contribution is 2.13. The molecule has 0 aliphatic heterocycles. The number of hydrogen-bond acceptors (Lipinski definition) is 3. The molecular weight excluding hydrogens is 444 g/mol. The Hall–Kier alpha value is -1.96. The smallest absolute Gasteiger partial charge is 0.133 e. The van der Waals surface area contributed by atoms with Crippen molar-refractivity contribution in [3.05, 3.63) is 24.3 Å². The average molecular weight is 497 g/mol. The fourth-order valence-corrected chi connectivity index (χ4v) is 4.04. The Bertz CT molecular complexity index is 692. The lowest BCUT2D eigenvalue weighted by Crippen LogP contribution is -2.01. The van der Waals surface area contributed by atoms with Crippen LogP contribution in [0.2, 0.25) is 0 Å². The first-order chi connectivity index (χ1) is 17.7. The lowest BCUT2D eigenvalue weighted by atomic mass is 10.0. The highest BCUT2D eigenvalue weighted by molar-refractivity contribution is 5.27. The van der Waals surface area contributed by atoms with Crippen LogP contribution in [0, 0.1) is 36.0 Å². The maximum atomic E-state index is 9.72. The predicted molar refractivity (Wildman–Crippen MR) is 154 cm³/mol. The van der Waals surface area contributed by atoms with Crippen molar-refractivity contribution in [2.45, 2.75) is 141 Å². The van der Waals surface area contributed by atoms with Gasteiger partial charge in [-0.3, -0.25) is 0 Å². The van der Waals surface area contributed by atoms with Crippen LogP contribution in [0.5, 0.6) is 0 Å². The van der Waals surface area contributed by atoms with E-state index in [0.29, 0.717) is 6.42 Å². The molecular formula is C33H52O3. The van der Waals surface area contributed by atoms with E-state index in [9.17, 15) is 10.2 Å². The monoisotopic (exact) mass is 496 g/mol. The summed E-state index contributed by atoms with van der Waals surface area (Å²) in [5, 5.41) is 27.5. The fraction of sp³-hybridized carbons (Fsp3) is 0.697. The van der Waals surface area contributed by atoms with Crippen molar-refractivity contribution in [3.63, 3.8) is 0 Å². The summed E-state index contributed by atoms with van der Waals surface area (Å²) in [6.07, 6.45) is 36.9. The summed E-state index contributed by atoms with van der Waals surface area (Å²) in [5.41, 5.74) is 0. The number of aliphatic hydroxyl groups excluding tert-OH is 3. The van der Waals surface area contributed by atoms with Crippen LogP contribution >= 0.6 is 0 Å². The minimum absolute atomic E-state index is 0.188. The minimum Gasteiger partial charge on any atom is -0.384 e. The van der Waals surface area contributed by atoms with Crippen molar-refractivity contribution in [2.24, 2.45) is 0 Å². The third-order valence-corrected chi connectivity index (χ3v) is 6.21. The molecule has 36 heavy (non-hydrogen) atoms. The van der Waals surface area contributed by atoms with Crippen LogP contribution < -0.4 is 0 Å². The molecule has 0 saturated heterocycles. The molecule has 0 heterocycles. The van der Waals surface area contributed by atoms with Crippen LogP contribution in [0.3, 0.4) is 0 Å². The van der Waals surface area contributed by atoms with Crippen molar-refractivity contribution in [1.82, 2.24) is 0 Å². The molecule has 0 fully saturated rings. The van der Waals surface area contributed by atoms with E-state index >= 15 is 0 Å². The van der Waals surface area contributed by atoms with Gasteiger partial charge in [-0.25, -0.2) is 0 Å². The molecule has 0 spiro atoms. The van der Waals surface area contributed by atoms with E-state index < -0.39 is 12.2 Å². The van der Waals surface area contributed by atoms with Gasteiger partial charge in [0.25, 0.3) is 0 Å². The first-order valence-corrected chi connectivity index (χ1v) is 14.4. The van der Waals surface area contributed by atoms with E-state index in [-0.39, 0.29) is 6.61 Å². The summed E-state index contributed by atoms with van der Waals surface area (Å²) in [7, 11) is 0. The van der Waals surface area contributed by atoms with E-state index in [2.05, 4.69) is 41.8 Å². The van der Waals surface area contributed by atoms with Gasteiger partial charge in [0.05, 0.1) is 0 Å². The molecule has 0 amide bonds. The van der Waals surface area contributed by atoms with Gasteiger partial charge in [0.15, 0.2) is 0 Å². The first kappa shape index (κ1) is 34.0. The van der Waals surface area contributed by atoms with Gasteiger partial charge in [0.2, 0.25) is 0 Å². The zero-order chi connectivity index (χ0) is 26.4. The first-order valence-electron chi connectivity index (χ1n) is 14.4. The van der Waals surface area contributed by atoms with Gasteiger partial charge >= 0.3 is 0 Å². The lowest BCUT2D eigenvalue weighted by molar-refractivity contribution is 0.217. The van der Waals surface area contributed by atoms with Crippen LogP contribution in [0.4, 0.5) is 0 Å². The van der Waals surface area contributed by atoms with Gasteiger partial charge in [-0.1, -0.05) is 113 Å². The molecule has 0 aromatic carbocycles. The Labute approximate surface area is 222 Å². The van der Waals surface area contributed by atoms with Gasteiger partial charge < -0.3 is 15.3 Å². The highest BCUT2D eigenvalue weighted by atomic mass is 16.3. The quantitative estimate of drug-likeness (QED) is 0.0793. The van der Waals surface area contributed by atoms with Crippen LogP contribution in [0.1, 0.15) is 128 Å². The zero-order valence-electron chi connectivity index (χ0n) is 22.7. The van der Waals surface area contributed by atoms with Crippen LogP contribution in [0.15, 0.2) is 24.3 Å². The Morgan fingerprint density at radius 1 is 0.583 bits per heavy atom. The fourth-order valence-electron chi connectivity index (χ4n) is 4.04. The normalized spacial score (nSPS) is 12.6. The largest absolute Gasteiger partial charge is 0.384 e. The minimum atomic E-state index is -0.724. The van der Waals surface area contributed by atoms with Gasteiger partial charge in [0.1, 0.15) is 18.8 Å². The second kappa shape index (κ2) is 29.3. The molecule has 3 nitrogen and oxygen atoms in total. The number of unbranched alkanes of at least 4 members (excludes halogenated alkanes) is 17. The van der Waals surface area contributed by atoms with E-state index in [4.69, 9.17) is 11.5 Å². The van der Waals surface area contributed by atoms with Gasteiger partial charge in [-0.2, -0.15) is 0 Å². The number of hydrogen-bond donors (Lipinski definition) is 3. The van der Waals surface area contributed by atoms with E-state index in [1.54, 1.807) is 6.08 Å². The molecule has 0 aromatic heterocycles. The van der Waals surface area contributed by atoms with Crippen molar-refractivity contribution >= 4 is 0 Å².